The summed E-state index contributed by atoms with van der Waals surface area (Å²) in [7, 11) is 0. The molecule has 2 aromatic heterocycles. The van der Waals surface area contributed by atoms with Crippen molar-refractivity contribution < 1.29 is 4.39 Å². The van der Waals surface area contributed by atoms with Gasteiger partial charge in [-0.3, -0.25) is 5.43 Å². The zero-order chi connectivity index (χ0) is 13.8. The number of hydrogen-bond acceptors (Lipinski definition) is 5. The van der Waals surface area contributed by atoms with Crippen LogP contribution in [0.3, 0.4) is 0 Å². The molecule has 3 aromatic rings. The molecule has 1 aromatic carbocycles. The average molecular weight is 303 g/mol. The highest BCUT2D eigenvalue weighted by Crippen LogP contribution is 2.28. The summed E-state index contributed by atoms with van der Waals surface area (Å²) in [6.07, 6.45) is 1.56. The molecule has 0 bridgehead atoms. The summed E-state index contributed by atoms with van der Waals surface area (Å²) in [6.45, 7) is 0. The van der Waals surface area contributed by atoms with Crippen molar-refractivity contribution in [2.24, 2.45) is 5.10 Å². The van der Waals surface area contributed by atoms with E-state index in [1.165, 1.54) is 23.5 Å². The third-order valence-corrected chi connectivity index (χ3v) is 4.14. The number of anilines is 1. The number of hydrogen-bond donors (Lipinski definition) is 1. The fourth-order valence-corrected chi connectivity index (χ4v) is 3.03. The van der Waals surface area contributed by atoms with E-state index < -0.39 is 0 Å². The number of thiazole rings is 1. The van der Waals surface area contributed by atoms with E-state index in [0.29, 0.717) is 10.7 Å². The second kappa shape index (κ2) is 5.94. The van der Waals surface area contributed by atoms with Crippen molar-refractivity contribution in [3.8, 4) is 10.6 Å². The summed E-state index contributed by atoms with van der Waals surface area (Å²) in [5, 5.41) is 8.76. The van der Waals surface area contributed by atoms with Gasteiger partial charge in [0.05, 0.1) is 16.8 Å². The highest BCUT2D eigenvalue weighted by atomic mass is 32.1. The van der Waals surface area contributed by atoms with Gasteiger partial charge in [0.1, 0.15) is 5.82 Å². The van der Waals surface area contributed by atoms with Crippen LogP contribution in [0.4, 0.5) is 9.52 Å². The first kappa shape index (κ1) is 13.0. The monoisotopic (exact) mass is 303 g/mol. The van der Waals surface area contributed by atoms with Crippen LogP contribution in [0.1, 0.15) is 5.56 Å². The molecule has 0 aliphatic rings. The van der Waals surface area contributed by atoms with Crippen LogP contribution in [-0.2, 0) is 0 Å². The van der Waals surface area contributed by atoms with Crippen LogP contribution >= 0.6 is 22.7 Å². The fourth-order valence-electron chi connectivity index (χ4n) is 1.61. The van der Waals surface area contributed by atoms with Gasteiger partial charge in [-0.2, -0.15) is 5.10 Å². The molecule has 0 aliphatic carbocycles. The SMILES string of the molecule is Fc1cccc(/C=N\Nc2nc(-c3cccs3)cs2)c1. The Morgan fingerprint density at radius 3 is 2.95 bits per heavy atom. The summed E-state index contributed by atoms with van der Waals surface area (Å²) in [4.78, 5) is 5.56. The molecule has 0 saturated carbocycles. The molecule has 0 fully saturated rings. The van der Waals surface area contributed by atoms with Gasteiger partial charge in [0, 0.05) is 5.38 Å². The standard InChI is InChI=1S/C14H10FN3S2/c15-11-4-1-3-10(7-11)8-16-18-14-17-12(9-20-14)13-5-2-6-19-13/h1-9H,(H,17,18)/b16-8-. The van der Waals surface area contributed by atoms with Crippen molar-refractivity contribution in [3.05, 3.63) is 58.5 Å². The highest BCUT2D eigenvalue weighted by Gasteiger charge is 2.04. The van der Waals surface area contributed by atoms with Crippen LogP contribution in [0.15, 0.2) is 52.3 Å². The molecule has 0 unspecified atom stereocenters. The number of aromatic nitrogens is 1. The molecule has 6 heteroatoms. The first-order chi connectivity index (χ1) is 9.81. The van der Waals surface area contributed by atoms with Crippen molar-refractivity contribution in [3.63, 3.8) is 0 Å². The van der Waals surface area contributed by atoms with E-state index in [-0.39, 0.29) is 5.82 Å². The molecule has 0 amide bonds. The van der Waals surface area contributed by atoms with Crippen molar-refractivity contribution in [2.75, 3.05) is 5.43 Å². The lowest BCUT2D eigenvalue weighted by Crippen LogP contribution is -1.90. The molecule has 0 aliphatic heterocycles. The van der Waals surface area contributed by atoms with Crippen LogP contribution < -0.4 is 5.43 Å². The molecule has 0 radical (unpaired) electrons. The second-order valence-corrected chi connectivity index (χ2v) is 5.75. The van der Waals surface area contributed by atoms with E-state index in [2.05, 4.69) is 15.5 Å². The van der Waals surface area contributed by atoms with Crippen LogP contribution in [0.2, 0.25) is 0 Å². The molecule has 3 nitrogen and oxygen atoms in total. The van der Waals surface area contributed by atoms with Crippen LogP contribution in [0.5, 0.6) is 0 Å². The van der Waals surface area contributed by atoms with Gasteiger partial charge in [-0.05, 0) is 29.1 Å². The Balaban J connectivity index is 1.67. The molecule has 1 N–H and O–H groups in total. The Bertz CT molecular complexity index is 720. The van der Waals surface area contributed by atoms with E-state index >= 15 is 0 Å². The Labute approximate surface area is 123 Å². The van der Waals surface area contributed by atoms with Gasteiger partial charge in [-0.1, -0.05) is 18.2 Å². The maximum atomic E-state index is 13.0. The molecule has 2 heterocycles. The Morgan fingerprint density at radius 2 is 2.15 bits per heavy atom. The Kier molecular flexibility index (Phi) is 3.85. The van der Waals surface area contributed by atoms with Gasteiger partial charge >= 0.3 is 0 Å². The summed E-state index contributed by atoms with van der Waals surface area (Å²) >= 11 is 3.13. The van der Waals surface area contributed by atoms with E-state index in [9.17, 15) is 4.39 Å². The Morgan fingerprint density at radius 1 is 1.20 bits per heavy atom. The molecular weight excluding hydrogens is 293 g/mol. The smallest absolute Gasteiger partial charge is 0.203 e. The molecule has 3 rings (SSSR count). The van der Waals surface area contributed by atoms with Crippen LogP contribution in [0, 0.1) is 5.82 Å². The van der Waals surface area contributed by atoms with Crippen molar-refractivity contribution in [2.45, 2.75) is 0 Å². The molecule has 0 saturated heterocycles. The maximum Gasteiger partial charge on any atom is 0.203 e. The number of thiophene rings is 1. The largest absolute Gasteiger partial charge is 0.253 e. The van der Waals surface area contributed by atoms with Crippen LogP contribution in [-0.4, -0.2) is 11.2 Å². The lowest BCUT2D eigenvalue weighted by molar-refractivity contribution is 0.627. The third-order valence-electron chi connectivity index (χ3n) is 2.50. The Hall–Kier alpha value is -2.05. The molecule has 0 spiro atoms. The lowest BCUT2D eigenvalue weighted by Gasteiger charge is -1.94. The quantitative estimate of drug-likeness (QED) is 0.571. The lowest BCUT2D eigenvalue weighted by atomic mass is 10.2. The molecule has 20 heavy (non-hydrogen) atoms. The van der Waals surface area contributed by atoms with Crippen molar-refractivity contribution in [1.82, 2.24) is 4.98 Å². The minimum atomic E-state index is -0.275. The number of nitrogens with one attached hydrogen (secondary N) is 1. The van der Waals surface area contributed by atoms with E-state index in [0.717, 1.165) is 10.6 Å². The van der Waals surface area contributed by atoms with E-state index in [1.807, 2.05) is 22.9 Å². The average Bonchev–Trinajstić information content (AvgIpc) is 3.09. The topological polar surface area (TPSA) is 37.3 Å². The minimum Gasteiger partial charge on any atom is -0.253 e. The van der Waals surface area contributed by atoms with Gasteiger partial charge in [0.2, 0.25) is 5.13 Å². The summed E-state index contributed by atoms with van der Waals surface area (Å²) in [5.74, 6) is -0.275. The molecular formula is C14H10FN3S2. The number of hydrazone groups is 1. The summed E-state index contributed by atoms with van der Waals surface area (Å²) < 4.78 is 13.0. The van der Waals surface area contributed by atoms with Gasteiger partial charge in [-0.25, -0.2) is 9.37 Å². The molecule has 100 valence electrons. The minimum absolute atomic E-state index is 0.275. The molecule has 0 atom stereocenters. The van der Waals surface area contributed by atoms with Gasteiger partial charge in [-0.15, -0.1) is 22.7 Å². The predicted octanol–water partition coefficient (Wildman–Crippen LogP) is 4.46. The number of halogens is 1. The van der Waals surface area contributed by atoms with Gasteiger partial charge < -0.3 is 0 Å². The third kappa shape index (κ3) is 3.09. The normalized spacial score (nSPS) is 11.1. The first-order valence-electron chi connectivity index (χ1n) is 5.85. The number of nitrogens with zero attached hydrogens (tertiary/aromatic N) is 2. The fraction of sp³-hybridized carbons (Fsp3) is 0. The zero-order valence-electron chi connectivity index (χ0n) is 10.3. The number of benzene rings is 1. The maximum absolute atomic E-state index is 13.0. The van der Waals surface area contributed by atoms with E-state index in [1.54, 1.807) is 29.7 Å². The summed E-state index contributed by atoms with van der Waals surface area (Å²) in [6, 6.07) is 10.3. The second-order valence-electron chi connectivity index (χ2n) is 3.94. The highest BCUT2D eigenvalue weighted by molar-refractivity contribution is 7.15. The van der Waals surface area contributed by atoms with E-state index in [4.69, 9.17) is 0 Å². The van der Waals surface area contributed by atoms with Gasteiger partial charge in [0.15, 0.2) is 0 Å². The van der Waals surface area contributed by atoms with Crippen LogP contribution in [0.25, 0.3) is 10.6 Å². The van der Waals surface area contributed by atoms with Gasteiger partial charge in [0.25, 0.3) is 0 Å². The first-order valence-corrected chi connectivity index (χ1v) is 7.61. The van der Waals surface area contributed by atoms with Crippen molar-refractivity contribution >= 4 is 34.0 Å². The number of rotatable bonds is 4. The summed E-state index contributed by atoms with van der Waals surface area (Å²) in [5.41, 5.74) is 4.49. The van der Waals surface area contributed by atoms with Crippen molar-refractivity contribution in [1.29, 1.82) is 0 Å². The zero-order valence-corrected chi connectivity index (χ0v) is 11.9. The predicted molar refractivity (Wildman–Crippen MR) is 83.0 cm³/mol.